The highest BCUT2D eigenvalue weighted by atomic mass is 32.2. The Bertz CT molecular complexity index is 256. The predicted octanol–water partition coefficient (Wildman–Crippen LogP) is 2.12. The first-order valence-electron chi connectivity index (χ1n) is 6.36. The van der Waals surface area contributed by atoms with Gasteiger partial charge in [-0.1, -0.05) is 19.0 Å². The van der Waals surface area contributed by atoms with Crippen molar-refractivity contribution in [3.63, 3.8) is 0 Å². The Labute approximate surface area is 109 Å². The standard InChI is InChI=1S/C12H25N3OS/c1-12(2)6-8-15(9-10-17-12)7-4-3-5-11(13)14-16/h16H,3-10H2,1-2H3,(H2,13,14). The largest absolute Gasteiger partial charge is 0.409 e. The van der Waals surface area contributed by atoms with Crippen LogP contribution in [0.3, 0.4) is 0 Å². The molecule has 0 unspecified atom stereocenters. The maximum atomic E-state index is 8.43. The van der Waals surface area contributed by atoms with Crippen LogP contribution in [0, 0.1) is 0 Å². The minimum atomic E-state index is 0.345. The quantitative estimate of drug-likeness (QED) is 0.261. The monoisotopic (exact) mass is 259 g/mol. The minimum absolute atomic E-state index is 0.345. The molecule has 0 radical (unpaired) electrons. The van der Waals surface area contributed by atoms with Gasteiger partial charge in [-0.3, -0.25) is 0 Å². The smallest absolute Gasteiger partial charge is 0.139 e. The normalized spacial score (nSPS) is 22.4. The maximum Gasteiger partial charge on any atom is 0.139 e. The van der Waals surface area contributed by atoms with E-state index < -0.39 is 0 Å². The van der Waals surface area contributed by atoms with Crippen molar-refractivity contribution < 1.29 is 5.21 Å². The zero-order chi connectivity index (χ0) is 12.7. The van der Waals surface area contributed by atoms with Crippen molar-refractivity contribution in [1.29, 1.82) is 0 Å². The summed E-state index contributed by atoms with van der Waals surface area (Å²) in [5.74, 6) is 1.57. The van der Waals surface area contributed by atoms with Gasteiger partial charge in [0.05, 0.1) is 0 Å². The Kier molecular flexibility index (Phi) is 6.12. The first kappa shape index (κ1) is 14.6. The topological polar surface area (TPSA) is 61.8 Å². The molecule has 0 aromatic carbocycles. The average molecular weight is 259 g/mol. The number of hydrogen-bond donors (Lipinski definition) is 2. The van der Waals surface area contributed by atoms with Crippen LogP contribution in [-0.2, 0) is 0 Å². The molecule has 0 aromatic rings. The molecule has 1 aliphatic heterocycles. The molecular weight excluding hydrogens is 234 g/mol. The molecule has 4 nitrogen and oxygen atoms in total. The zero-order valence-electron chi connectivity index (χ0n) is 11.0. The lowest BCUT2D eigenvalue weighted by atomic mass is 10.1. The summed E-state index contributed by atoms with van der Waals surface area (Å²) in [5, 5.41) is 11.4. The van der Waals surface area contributed by atoms with Gasteiger partial charge in [0.15, 0.2) is 0 Å². The summed E-state index contributed by atoms with van der Waals surface area (Å²) in [5.41, 5.74) is 5.44. The number of amidine groups is 1. The molecule has 0 spiro atoms. The van der Waals surface area contributed by atoms with Gasteiger partial charge in [-0.15, -0.1) is 0 Å². The highest BCUT2D eigenvalue weighted by Gasteiger charge is 2.23. The Hall–Kier alpha value is -0.420. The summed E-state index contributed by atoms with van der Waals surface area (Å²) in [7, 11) is 0. The van der Waals surface area contributed by atoms with E-state index in [0.29, 0.717) is 17.0 Å². The molecule has 3 N–H and O–H groups in total. The summed E-state index contributed by atoms with van der Waals surface area (Å²) in [6, 6.07) is 0. The molecule has 1 rings (SSSR count). The number of hydrogen-bond acceptors (Lipinski definition) is 4. The van der Waals surface area contributed by atoms with Gasteiger partial charge in [0, 0.05) is 23.5 Å². The first-order valence-corrected chi connectivity index (χ1v) is 7.35. The van der Waals surface area contributed by atoms with E-state index in [4.69, 9.17) is 10.9 Å². The number of unbranched alkanes of at least 4 members (excludes halogenated alkanes) is 1. The summed E-state index contributed by atoms with van der Waals surface area (Å²) >= 11 is 2.08. The number of oxime groups is 1. The van der Waals surface area contributed by atoms with Gasteiger partial charge in [-0.25, -0.2) is 0 Å². The SMILES string of the molecule is CC1(C)CCN(CCCCC(N)=NO)CCS1. The zero-order valence-corrected chi connectivity index (χ0v) is 11.8. The van der Waals surface area contributed by atoms with Gasteiger partial charge in [0.1, 0.15) is 5.84 Å². The Morgan fingerprint density at radius 1 is 1.41 bits per heavy atom. The molecule has 0 bridgehead atoms. The summed E-state index contributed by atoms with van der Waals surface area (Å²) < 4.78 is 0.433. The third-order valence-corrected chi connectivity index (χ3v) is 4.59. The number of thioether (sulfide) groups is 1. The summed E-state index contributed by atoms with van der Waals surface area (Å²) in [4.78, 5) is 2.54. The summed E-state index contributed by atoms with van der Waals surface area (Å²) in [6.45, 7) is 8.19. The predicted molar refractivity (Wildman–Crippen MR) is 74.9 cm³/mol. The van der Waals surface area contributed by atoms with Crippen molar-refractivity contribution in [3.05, 3.63) is 0 Å². The van der Waals surface area contributed by atoms with Crippen molar-refractivity contribution in [2.24, 2.45) is 10.9 Å². The van der Waals surface area contributed by atoms with Gasteiger partial charge in [0.25, 0.3) is 0 Å². The van der Waals surface area contributed by atoms with E-state index >= 15 is 0 Å². The van der Waals surface area contributed by atoms with E-state index in [-0.39, 0.29) is 0 Å². The minimum Gasteiger partial charge on any atom is -0.409 e. The van der Waals surface area contributed by atoms with E-state index in [9.17, 15) is 0 Å². The molecule has 1 aliphatic rings. The molecule has 1 fully saturated rings. The molecule has 17 heavy (non-hydrogen) atoms. The van der Waals surface area contributed by atoms with Crippen LogP contribution in [0.2, 0.25) is 0 Å². The van der Waals surface area contributed by atoms with Crippen LogP contribution in [0.5, 0.6) is 0 Å². The highest BCUT2D eigenvalue weighted by molar-refractivity contribution is 8.00. The molecule has 100 valence electrons. The van der Waals surface area contributed by atoms with Crippen LogP contribution < -0.4 is 5.73 Å². The Balaban J connectivity index is 2.15. The molecule has 0 aliphatic carbocycles. The first-order chi connectivity index (χ1) is 8.03. The number of nitrogens with two attached hydrogens (primary N) is 1. The molecular formula is C12H25N3OS. The van der Waals surface area contributed by atoms with Gasteiger partial charge in [-0.2, -0.15) is 11.8 Å². The van der Waals surface area contributed by atoms with Crippen LogP contribution in [0.25, 0.3) is 0 Å². The number of rotatable bonds is 5. The van der Waals surface area contributed by atoms with E-state index in [0.717, 1.165) is 19.4 Å². The van der Waals surface area contributed by atoms with Crippen molar-refractivity contribution in [2.45, 2.75) is 44.3 Å². The molecule has 0 aromatic heterocycles. The van der Waals surface area contributed by atoms with Crippen LogP contribution in [0.1, 0.15) is 39.5 Å². The van der Waals surface area contributed by atoms with E-state index in [2.05, 4.69) is 35.7 Å². The molecule has 0 saturated carbocycles. The maximum absolute atomic E-state index is 8.43. The molecule has 0 atom stereocenters. The van der Waals surface area contributed by atoms with Crippen molar-refractivity contribution in [3.8, 4) is 0 Å². The molecule has 5 heteroatoms. The van der Waals surface area contributed by atoms with Crippen LogP contribution in [0.4, 0.5) is 0 Å². The molecule has 0 amide bonds. The lowest BCUT2D eigenvalue weighted by Crippen LogP contribution is -2.28. The van der Waals surface area contributed by atoms with E-state index in [1.54, 1.807) is 0 Å². The third kappa shape index (κ3) is 6.17. The van der Waals surface area contributed by atoms with Gasteiger partial charge in [0.2, 0.25) is 0 Å². The lowest BCUT2D eigenvalue weighted by Gasteiger charge is -2.22. The molecule has 1 saturated heterocycles. The number of nitrogens with zero attached hydrogens (tertiary/aromatic N) is 2. The Morgan fingerprint density at radius 3 is 2.88 bits per heavy atom. The Morgan fingerprint density at radius 2 is 2.18 bits per heavy atom. The fraction of sp³-hybridized carbons (Fsp3) is 0.917. The van der Waals surface area contributed by atoms with Gasteiger partial charge in [-0.05, 0) is 32.4 Å². The van der Waals surface area contributed by atoms with Gasteiger partial charge < -0.3 is 15.8 Å². The fourth-order valence-electron chi connectivity index (χ4n) is 1.98. The lowest BCUT2D eigenvalue weighted by molar-refractivity contribution is 0.278. The van der Waals surface area contributed by atoms with Crippen molar-refractivity contribution in [2.75, 3.05) is 25.4 Å². The van der Waals surface area contributed by atoms with Crippen molar-refractivity contribution >= 4 is 17.6 Å². The van der Waals surface area contributed by atoms with Crippen LogP contribution in [-0.4, -0.2) is 46.1 Å². The second kappa shape index (κ2) is 7.11. The second-order valence-electron chi connectivity index (χ2n) is 5.25. The summed E-state index contributed by atoms with van der Waals surface area (Å²) in [6.07, 6.45) is 4.09. The molecule has 1 heterocycles. The second-order valence-corrected chi connectivity index (χ2v) is 7.05. The van der Waals surface area contributed by atoms with Crippen molar-refractivity contribution in [1.82, 2.24) is 4.90 Å². The van der Waals surface area contributed by atoms with Crippen LogP contribution in [0.15, 0.2) is 5.16 Å². The van der Waals surface area contributed by atoms with Gasteiger partial charge >= 0.3 is 0 Å². The van der Waals surface area contributed by atoms with E-state index in [1.165, 1.54) is 25.3 Å². The van der Waals surface area contributed by atoms with Crippen LogP contribution >= 0.6 is 11.8 Å². The van der Waals surface area contributed by atoms with E-state index in [1.807, 2.05) is 0 Å². The third-order valence-electron chi connectivity index (χ3n) is 3.22. The highest BCUT2D eigenvalue weighted by Crippen LogP contribution is 2.30. The average Bonchev–Trinajstić information content (AvgIpc) is 2.46. The fourth-order valence-corrected chi connectivity index (χ4v) is 3.12.